The number of para-hydroxylation sites is 1. The first-order chi connectivity index (χ1) is 19.6. The predicted octanol–water partition coefficient (Wildman–Crippen LogP) is 6.90. The molecule has 0 saturated carbocycles. The van der Waals surface area contributed by atoms with E-state index in [1.807, 2.05) is 38.1 Å². The number of aliphatic carboxylic acids is 1. The van der Waals surface area contributed by atoms with Crippen LogP contribution in [0, 0.1) is 0 Å². The number of carboxylic acid groups (broad SMARTS) is 1. The Kier molecular flexibility index (Phi) is 9.41. The average molecular weight is 596 g/mol. The van der Waals surface area contributed by atoms with Crippen molar-refractivity contribution in [2.45, 2.75) is 45.1 Å². The van der Waals surface area contributed by atoms with Gasteiger partial charge in [-0.05, 0) is 48.2 Å². The van der Waals surface area contributed by atoms with E-state index in [1.165, 1.54) is 12.1 Å². The molecule has 0 unspecified atom stereocenters. The molecule has 0 aliphatic carbocycles. The van der Waals surface area contributed by atoms with Crippen molar-refractivity contribution in [3.05, 3.63) is 98.3 Å². The molecular weight excluding hydrogens is 563 g/mol. The second kappa shape index (κ2) is 12.8. The number of carbonyl (C=O) groups excluding carboxylic acids is 1. The van der Waals surface area contributed by atoms with Gasteiger partial charge in [-0.3, -0.25) is 9.59 Å². The summed E-state index contributed by atoms with van der Waals surface area (Å²) in [6, 6.07) is 19.4. The molecule has 0 aliphatic rings. The van der Waals surface area contributed by atoms with Gasteiger partial charge in [0, 0.05) is 18.9 Å². The molecular formula is C32H32Cl2N2O5. The van der Waals surface area contributed by atoms with Gasteiger partial charge in [0.05, 0.1) is 33.3 Å². The van der Waals surface area contributed by atoms with Crippen LogP contribution in [-0.2, 0) is 18.3 Å². The van der Waals surface area contributed by atoms with E-state index in [0.29, 0.717) is 35.5 Å². The van der Waals surface area contributed by atoms with Crippen molar-refractivity contribution in [3.63, 3.8) is 0 Å². The van der Waals surface area contributed by atoms with Crippen molar-refractivity contribution in [1.29, 1.82) is 0 Å². The summed E-state index contributed by atoms with van der Waals surface area (Å²) >= 11 is 12.4. The maximum Gasteiger partial charge on any atom is 0.329 e. The third kappa shape index (κ3) is 6.11. The van der Waals surface area contributed by atoms with E-state index in [9.17, 15) is 19.5 Å². The van der Waals surface area contributed by atoms with Crippen LogP contribution >= 0.6 is 23.2 Å². The topological polar surface area (TPSA) is 97.6 Å². The largest absolute Gasteiger partial charge is 0.492 e. The zero-order valence-electron chi connectivity index (χ0n) is 23.2. The van der Waals surface area contributed by atoms with Crippen LogP contribution in [0.4, 0.5) is 0 Å². The zero-order valence-corrected chi connectivity index (χ0v) is 24.7. The smallest absolute Gasteiger partial charge is 0.329 e. The number of amides is 1. The summed E-state index contributed by atoms with van der Waals surface area (Å²) < 4.78 is 7.71. The average Bonchev–Trinajstić information content (AvgIpc) is 2.94. The van der Waals surface area contributed by atoms with Gasteiger partial charge < -0.3 is 19.7 Å². The summed E-state index contributed by atoms with van der Waals surface area (Å²) in [5.41, 5.74) is 0.745. The summed E-state index contributed by atoms with van der Waals surface area (Å²) in [4.78, 5) is 39.4. The van der Waals surface area contributed by atoms with Crippen LogP contribution in [0.1, 0.15) is 49.0 Å². The molecule has 4 aromatic rings. The fourth-order valence-corrected chi connectivity index (χ4v) is 5.63. The van der Waals surface area contributed by atoms with Crippen LogP contribution in [0.3, 0.4) is 0 Å². The molecule has 3 aromatic carbocycles. The van der Waals surface area contributed by atoms with Gasteiger partial charge in [0.2, 0.25) is 0 Å². The van der Waals surface area contributed by atoms with Crippen molar-refractivity contribution in [3.8, 4) is 16.9 Å². The minimum Gasteiger partial charge on any atom is -0.492 e. The molecule has 9 heteroatoms. The number of pyridine rings is 1. The van der Waals surface area contributed by atoms with Crippen molar-refractivity contribution in [2.24, 2.45) is 7.05 Å². The molecule has 0 radical (unpaired) electrons. The van der Waals surface area contributed by atoms with Gasteiger partial charge in [0.15, 0.2) is 0 Å². The number of carboxylic acids is 1. The molecule has 0 fully saturated rings. The van der Waals surface area contributed by atoms with Crippen molar-refractivity contribution < 1.29 is 19.4 Å². The third-order valence-electron chi connectivity index (χ3n) is 7.08. The van der Waals surface area contributed by atoms with E-state index < -0.39 is 17.4 Å². The molecule has 1 amide bonds. The van der Waals surface area contributed by atoms with Gasteiger partial charge in [0.25, 0.3) is 11.5 Å². The van der Waals surface area contributed by atoms with Gasteiger partial charge in [-0.15, -0.1) is 0 Å². The standard InChI is InChI=1S/C32H32Cl2N2O5/c1-4-17-32(31(39)40,35-29(37)27-23(33)10-8-11-24(27)34)19-20-13-15-21(16-14-20)26-28(41-18-5-2)22-9-6-7-12-25(22)36(3)30(26)38/h6-16H,4-5,17-19H2,1-3H3,(H,35,37)(H,39,40)/t32-/m0/s1. The Labute approximate surface area is 248 Å². The van der Waals surface area contributed by atoms with E-state index in [2.05, 4.69) is 5.32 Å². The molecule has 7 nitrogen and oxygen atoms in total. The summed E-state index contributed by atoms with van der Waals surface area (Å²) in [5, 5.41) is 14.1. The highest BCUT2D eigenvalue weighted by molar-refractivity contribution is 6.39. The lowest BCUT2D eigenvalue weighted by Gasteiger charge is -2.31. The second-order valence-corrected chi connectivity index (χ2v) is 10.8. The van der Waals surface area contributed by atoms with Gasteiger partial charge in [0.1, 0.15) is 11.3 Å². The van der Waals surface area contributed by atoms with Gasteiger partial charge in [-0.2, -0.15) is 0 Å². The number of benzene rings is 3. The molecule has 0 aliphatic heterocycles. The van der Waals surface area contributed by atoms with Crippen LogP contribution in [0.2, 0.25) is 10.0 Å². The SMILES string of the molecule is CCCOc1c(-c2ccc(C[C@](CCC)(NC(=O)c3c(Cl)cccc3Cl)C(=O)O)cc2)c(=O)n(C)c2ccccc12. The minimum absolute atomic E-state index is 0.0131. The Balaban J connectivity index is 1.73. The summed E-state index contributed by atoms with van der Waals surface area (Å²) in [6.07, 6.45) is 1.48. The maximum absolute atomic E-state index is 13.5. The fraction of sp³-hybridized carbons (Fsp3) is 0.281. The van der Waals surface area contributed by atoms with Crippen LogP contribution in [0.5, 0.6) is 5.75 Å². The number of nitrogens with one attached hydrogen (secondary N) is 1. The lowest BCUT2D eigenvalue weighted by atomic mass is 9.85. The maximum atomic E-state index is 13.5. The third-order valence-corrected chi connectivity index (χ3v) is 7.71. The Morgan fingerprint density at radius 1 is 0.951 bits per heavy atom. The van der Waals surface area contributed by atoms with Crippen molar-refractivity contribution in [1.82, 2.24) is 9.88 Å². The molecule has 0 saturated heterocycles. The summed E-state index contributed by atoms with van der Waals surface area (Å²) in [6.45, 7) is 4.31. The number of aromatic nitrogens is 1. The monoisotopic (exact) mass is 594 g/mol. The van der Waals surface area contributed by atoms with Gasteiger partial charge in [-0.25, -0.2) is 4.79 Å². The lowest BCUT2D eigenvalue weighted by Crippen LogP contribution is -2.56. The molecule has 1 atom stereocenters. The first-order valence-electron chi connectivity index (χ1n) is 13.5. The van der Waals surface area contributed by atoms with E-state index in [1.54, 1.807) is 41.9 Å². The van der Waals surface area contributed by atoms with E-state index in [4.69, 9.17) is 27.9 Å². The Morgan fingerprint density at radius 3 is 2.22 bits per heavy atom. The lowest BCUT2D eigenvalue weighted by molar-refractivity contribution is -0.144. The molecule has 4 rings (SSSR count). The van der Waals surface area contributed by atoms with Crippen LogP contribution < -0.4 is 15.6 Å². The Bertz CT molecular complexity index is 1630. The van der Waals surface area contributed by atoms with E-state index in [0.717, 1.165) is 17.3 Å². The van der Waals surface area contributed by atoms with Crippen LogP contribution in [0.15, 0.2) is 71.5 Å². The first kappa shape index (κ1) is 30.2. The molecule has 214 valence electrons. The number of carbonyl (C=O) groups is 2. The van der Waals surface area contributed by atoms with Crippen molar-refractivity contribution in [2.75, 3.05) is 6.61 Å². The van der Waals surface area contributed by atoms with Gasteiger partial charge >= 0.3 is 5.97 Å². The first-order valence-corrected chi connectivity index (χ1v) is 14.2. The molecule has 1 aromatic heterocycles. The highest BCUT2D eigenvalue weighted by Crippen LogP contribution is 2.35. The molecule has 41 heavy (non-hydrogen) atoms. The normalized spacial score (nSPS) is 12.6. The van der Waals surface area contributed by atoms with Crippen LogP contribution in [-0.4, -0.2) is 33.7 Å². The highest BCUT2D eigenvalue weighted by Gasteiger charge is 2.40. The number of aryl methyl sites for hydroxylation is 1. The number of rotatable bonds is 11. The van der Waals surface area contributed by atoms with E-state index in [-0.39, 0.29) is 34.0 Å². The zero-order chi connectivity index (χ0) is 29.7. The number of fused-ring (bicyclic) bond motifs is 1. The number of hydrogen-bond acceptors (Lipinski definition) is 4. The number of nitrogens with zero attached hydrogens (tertiary/aromatic N) is 1. The molecule has 0 spiro atoms. The second-order valence-electron chi connectivity index (χ2n) is 10.00. The minimum atomic E-state index is -1.61. The van der Waals surface area contributed by atoms with Crippen molar-refractivity contribution >= 4 is 46.0 Å². The molecule has 1 heterocycles. The van der Waals surface area contributed by atoms with E-state index >= 15 is 0 Å². The predicted molar refractivity (Wildman–Crippen MR) is 163 cm³/mol. The molecule has 2 N–H and O–H groups in total. The number of halogens is 2. The Hall–Kier alpha value is -3.81. The van der Waals surface area contributed by atoms with Gasteiger partial charge in [-0.1, -0.05) is 85.9 Å². The number of hydrogen-bond donors (Lipinski definition) is 2. The highest BCUT2D eigenvalue weighted by atomic mass is 35.5. The van der Waals surface area contributed by atoms with Crippen LogP contribution in [0.25, 0.3) is 22.0 Å². The molecule has 0 bridgehead atoms. The number of ether oxygens (including phenoxy) is 1. The fourth-order valence-electron chi connectivity index (χ4n) is 5.07. The quantitative estimate of drug-likeness (QED) is 0.197. The summed E-state index contributed by atoms with van der Waals surface area (Å²) in [7, 11) is 1.73. The summed E-state index contributed by atoms with van der Waals surface area (Å²) in [5.74, 6) is -1.31. The Morgan fingerprint density at radius 2 is 1.61 bits per heavy atom.